The Kier molecular flexibility index (Phi) is 3.57. The Bertz CT molecular complexity index is 532. The summed E-state index contributed by atoms with van der Waals surface area (Å²) >= 11 is 0. The zero-order valence-corrected chi connectivity index (χ0v) is 11.0. The van der Waals surface area contributed by atoms with Gasteiger partial charge in [0.05, 0.1) is 24.1 Å². The first-order chi connectivity index (χ1) is 9.31. The standard InChI is InChI=1S/C14H18N4O/c1-10-7-13(12-3-2-4-16-12)18-14(17-10)8-11-9-15-5-6-19-11/h2-4,7,11,15-16H,5-6,8-9H2,1H3. The lowest BCUT2D eigenvalue weighted by Crippen LogP contribution is -2.39. The van der Waals surface area contributed by atoms with Crippen molar-refractivity contribution in [1.29, 1.82) is 0 Å². The van der Waals surface area contributed by atoms with Crippen molar-refractivity contribution in [3.8, 4) is 11.4 Å². The minimum atomic E-state index is 0.173. The molecule has 0 bridgehead atoms. The SMILES string of the molecule is Cc1cc(-c2ccc[nH]2)nc(CC2CNCCO2)n1. The van der Waals surface area contributed by atoms with Gasteiger partial charge >= 0.3 is 0 Å². The van der Waals surface area contributed by atoms with Crippen LogP contribution in [0.4, 0.5) is 0 Å². The number of aryl methyl sites for hydroxylation is 1. The molecule has 0 radical (unpaired) electrons. The third-order valence-electron chi connectivity index (χ3n) is 3.19. The highest BCUT2D eigenvalue weighted by molar-refractivity contribution is 5.54. The van der Waals surface area contributed by atoms with Crippen molar-refractivity contribution < 1.29 is 4.74 Å². The molecule has 2 aromatic rings. The Morgan fingerprint density at radius 3 is 3.11 bits per heavy atom. The molecule has 1 fully saturated rings. The van der Waals surface area contributed by atoms with Crippen molar-refractivity contribution in [1.82, 2.24) is 20.3 Å². The molecule has 100 valence electrons. The van der Waals surface area contributed by atoms with E-state index in [9.17, 15) is 0 Å². The summed E-state index contributed by atoms with van der Waals surface area (Å²) in [5.74, 6) is 0.846. The summed E-state index contributed by atoms with van der Waals surface area (Å²) in [4.78, 5) is 12.3. The molecule has 3 rings (SSSR count). The van der Waals surface area contributed by atoms with E-state index < -0.39 is 0 Å². The number of hydrogen-bond donors (Lipinski definition) is 2. The first kappa shape index (κ1) is 12.3. The van der Waals surface area contributed by atoms with Crippen LogP contribution >= 0.6 is 0 Å². The molecule has 0 amide bonds. The summed E-state index contributed by atoms with van der Waals surface area (Å²) in [7, 11) is 0. The normalized spacial score (nSPS) is 19.5. The number of nitrogens with zero attached hydrogens (tertiary/aromatic N) is 2. The number of nitrogens with one attached hydrogen (secondary N) is 2. The maximum atomic E-state index is 5.70. The molecule has 1 atom stereocenters. The monoisotopic (exact) mass is 258 g/mol. The number of morpholine rings is 1. The molecule has 0 aliphatic carbocycles. The van der Waals surface area contributed by atoms with Crippen LogP contribution in [0, 0.1) is 6.92 Å². The molecule has 1 aliphatic rings. The number of aromatic amines is 1. The third kappa shape index (κ3) is 3.00. The maximum absolute atomic E-state index is 5.70. The van der Waals surface area contributed by atoms with E-state index in [-0.39, 0.29) is 6.10 Å². The summed E-state index contributed by atoms with van der Waals surface area (Å²) in [5, 5.41) is 3.33. The molecular weight excluding hydrogens is 240 g/mol. The van der Waals surface area contributed by atoms with Gasteiger partial charge in [0.2, 0.25) is 0 Å². The van der Waals surface area contributed by atoms with E-state index in [0.717, 1.165) is 49.0 Å². The second kappa shape index (κ2) is 5.50. The van der Waals surface area contributed by atoms with Crippen LogP contribution in [0.25, 0.3) is 11.4 Å². The van der Waals surface area contributed by atoms with Gasteiger partial charge in [-0.25, -0.2) is 9.97 Å². The van der Waals surface area contributed by atoms with Gasteiger partial charge in [0, 0.05) is 31.4 Å². The van der Waals surface area contributed by atoms with Crippen LogP contribution in [-0.4, -0.2) is 40.8 Å². The molecule has 1 saturated heterocycles. The minimum absolute atomic E-state index is 0.173. The van der Waals surface area contributed by atoms with Gasteiger partial charge in [-0.15, -0.1) is 0 Å². The Labute approximate surface area is 112 Å². The molecule has 1 unspecified atom stereocenters. The Morgan fingerprint density at radius 1 is 1.42 bits per heavy atom. The summed E-state index contributed by atoms with van der Waals surface area (Å²) in [6.07, 6.45) is 2.83. The zero-order valence-electron chi connectivity index (χ0n) is 11.0. The van der Waals surface area contributed by atoms with Crippen molar-refractivity contribution in [2.45, 2.75) is 19.4 Å². The fourth-order valence-electron chi connectivity index (χ4n) is 2.30. The van der Waals surface area contributed by atoms with Crippen LogP contribution in [0.1, 0.15) is 11.5 Å². The van der Waals surface area contributed by atoms with Crippen LogP contribution in [0.15, 0.2) is 24.4 Å². The zero-order chi connectivity index (χ0) is 13.1. The molecule has 0 aromatic carbocycles. The molecule has 5 nitrogen and oxygen atoms in total. The fraction of sp³-hybridized carbons (Fsp3) is 0.429. The topological polar surface area (TPSA) is 62.8 Å². The van der Waals surface area contributed by atoms with Gasteiger partial charge in [-0.1, -0.05) is 0 Å². The molecule has 0 saturated carbocycles. The molecule has 2 N–H and O–H groups in total. The van der Waals surface area contributed by atoms with Crippen LogP contribution < -0.4 is 5.32 Å². The van der Waals surface area contributed by atoms with Gasteiger partial charge in [-0.05, 0) is 25.1 Å². The number of rotatable bonds is 3. The highest BCUT2D eigenvalue weighted by Gasteiger charge is 2.16. The molecule has 1 aliphatic heterocycles. The van der Waals surface area contributed by atoms with E-state index >= 15 is 0 Å². The number of hydrogen-bond acceptors (Lipinski definition) is 4. The first-order valence-electron chi connectivity index (χ1n) is 6.62. The minimum Gasteiger partial charge on any atom is -0.375 e. The van der Waals surface area contributed by atoms with E-state index in [2.05, 4.69) is 20.3 Å². The highest BCUT2D eigenvalue weighted by atomic mass is 16.5. The largest absolute Gasteiger partial charge is 0.375 e. The average molecular weight is 258 g/mol. The number of H-pyrrole nitrogens is 1. The van der Waals surface area contributed by atoms with Crippen molar-refractivity contribution in [3.63, 3.8) is 0 Å². The van der Waals surface area contributed by atoms with Gasteiger partial charge in [-0.2, -0.15) is 0 Å². The summed E-state index contributed by atoms with van der Waals surface area (Å²) < 4.78 is 5.70. The second-order valence-electron chi connectivity index (χ2n) is 4.80. The number of aromatic nitrogens is 3. The summed E-state index contributed by atoms with van der Waals surface area (Å²) in [6, 6.07) is 5.99. The highest BCUT2D eigenvalue weighted by Crippen LogP contribution is 2.16. The van der Waals surface area contributed by atoms with Gasteiger partial charge < -0.3 is 15.0 Å². The van der Waals surface area contributed by atoms with E-state index in [0.29, 0.717) is 0 Å². The molecule has 5 heteroatoms. The second-order valence-corrected chi connectivity index (χ2v) is 4.80. The van der Waals surface area contributed by atoms with Gasteiger partial charge in [0.1, 0.15) is 5.82 Å². The van der Waals surface area contributed by atoms with Crippen LogP contribution in [-0.2, 0) is 11.2 Å². The van der Waals surface area contributed by atoms with E-state index in [4.69, 9.17) is 4.74 Å². The van der Waals surface area contributed by atoms with Crippen molar-refractivity contribution in [3.05, 3.63) is 35.9 Å². The lowest BCUT2D eigenvalue weighted by molar-refractivity contribution is 0.0280. The van der Waals surface area contributed by atoms with Gasteiger partial charge in [0.25, 0.3) is 0 Å². The lowest BCUT2D eigenvalue weighted by Gasteiger charge is -2.23. The third-order valence-corrected chi connectivity index (χ3v) is 3.19. The Morgan fingerprint density at radius 2 is 2.37 bits per heavy atom. The van der Waals surface area contributed by atoms with E-state index in [1.54, 1.807) is 0 Å². The Hall–Kier alpha value is -1.72. The van der Waals surface area contributed by atoms with Gasteiger partial charge in [0.15, 0.2) is 0 Å². The lowest BCUT2D eigenvalue weighted by atomic mass is 10.2. The molecular formula is C14H18N4O. The first-order valence-corrected chi connectivity index (χ1v) is 6.62. The summed E-state index contributed by atoms with van der Waals surface area (Å²) in [6.45, 7) is 4.56. The summed E-state index contributed by atoms with van der Waals surface area (Å²) in [5.41, 5.74) is 2.95. The van der Waals surface area contributed by atoms with Crippen LogP contribution in [0.5, 0.6) is 0 Å². The molecule has 19 heavy (non-hydrogen) atoms. The predicted octanol–water partition coefficient (Wildman–Crippen LogP) is 1.31. The smallest absolute Gasteiger partial charge is 0.131 e. The fourth-order valence-corrected chi connectivity index (χ4v) is 2.30. The average Bonchev–Trinajstić information content (AvgIpc) is 2.93. The quantitative estimate of drug-likeness (QED) is 0.871. The maximum Gasteiger partial charge on any atom is 0.131 e. The molecule has 0 spiro atoms. The number of ether oxygens (including phenoxy) is 1. The van der Waals surface area contributed by atoms with Crippen molar-refractivity contribution in [2.24, 2.45) is 0 Å². The predicted molar refractivity (Wildman–Crippen MR) is 72.9 cm³/mol. The van der Waals surface area contributed by atoms with E-state index in [1.807, 2.05) is 31.3 Å². The molecule has 2 aromatic heterocycles. The van der Waals surface area contributed by atoms with Gasteiger partial charge in [-0.3, -0.25) is 0 Å². The Balaban J connectivity index is 1.81. The van der Waals surface area contributed by atoms with Crippen molar-refractivity contribution >= 4 is 0 Å². The van der Waals surface area contributed by atoms with Crippen molar-refractivity contribution in [2.75, 3.05) is 19.7 Å². The molecule has 3 heterocycles. The van der Waals surface area contributed by atoms with E-state index in [1.165, 1.54) is 0 Å². The van der Waals surface area contributed by atoms with Crippen LogP contribution in [0.3, 0.4) is 0 Å². The van der Waals surface area contributed by atoms with Crippen LogP contribution in [0.2, 0.25) is 0 Å².